The quantitative estimate of drug-likeness (QED) is 0.725. The zero-order chi connectivity index (χ0) is 14.1. The summed E-state index contributed by atoms with van der Waals surface area (Å²) in [7, 11) is 1.83. The van der Waals surface area contributed by atoms with Crippen LogP contribution in [0.3, 0.4) is 0 Å². The van der Waals surface area contributed by atoms with E-state index >= 15 is 0 Å². The van der Waals surface area contributed by atoms with Gasteiger partial charge in [-0.25, -0.2) is 0 Å². The number of carbonyl (C=O) groups is 1. The van der Waals surface area contributed by atoms with Gasteiger partial charge in [0, 0.05) is 13.0 Å². The Bertz CT molecular complexity index is 406. The van der Waals surface area contributed by atoms with Gasteiger partial charge in [0.25, 0.3) is 0 Å². The predicted octanol–water partition coefficient (Wildman–Crippen LogP) is 2.33. The van der Waals surface area contributed by atoms with Gasteiger partial charge in [-0.2, -0.15) is 8.78 Å². The summed E-state index contributed by atoms with van der Waals surface area (Å²) in [5.74, 6) is 0.0346. The van der Waals surface area contributed by atoms with Gasteiger partial charge in [-0.15, -0.1) is 12.4 Å². The fraction of sp³-hybridized carbons (Fsp3) is 0.462. The molecule has 0 aliphatic carbocycles. The maximum Gasteiger partial charge on any atom is 0.387 e. The molecule has 2 N–H and O–H groups in total. The van der Waals surface area contributed by atoms with Crippen LogP contribution in [0.15, 0.2) is 24.3 Å². The fourth-order valence-corrected chi connectivity index (χ4v) is 1.55. The van der Waals surface area contributed by atoms with Crippen molar-refractivity contribution in [3.63, 3.8) is 0 Å². The Kier molecular flexibility index (Phi) is 9.67. The van der Waals surface area contributed by atoms with Gasteiger partial charge in [0.2, 0.25) is 5.91 Å². The molecule has 1 aromatic carbocycles. The van der Waals surface area contributed by atoms with Gasteiger partial charge < -0.3 is 15.4 Å². The van der Waals surface area contributed by atoms with E-state index in [4.69, 9.17) is 0 Å². The van der Waals surface area contributed by atoms with E-state index in [0.29, 0.717) is 13.0 Å². The van der Waals surface area contributed by atoms with E-state index in [-0.39, 0.29) is 24.1 Å². The Morgan fingerprint density at radius 2 is 2.15 bits per heavy atom. The standard InChI is InChI=1S/C13H18F2N2O2.ClH/c1-16-7-3-6-12(18)17-9-10-4-2-5-11(8-10)19-13(14)15;/h2,4-5,8,13,16H,3,6-7,9H2,1H3,(H,17,18);1H. The van der Waals surface area contributed by atoms with Crippen molar-refractivity contribution in [1.82, 2.24) is 10.6 Å². The van der Waals surface area contributed by atoms with Crippen LogP contribution in [0.25, 0.3) is 0 Å². The largest absolute Gasteiger partial charge is 0.435 e. The van der Waals surface area contributed by atoms with Crippen molar-refractivity contribution in [3.05, 3.63) is 29.8 Å². The molecule has 0 atom stereocenters. The van der Waals surface area contributed by atoms with E-state index in [0.717, 1.165) is 18.5 Å². The third-order valence-electron chi connectivity index (χ3n) is 2.44. The van der Waals surface area contributed by atoms with Crippen molar-refractivity contribution < 1.29 is 18.3 Å². The first-order valence-corrected chi connectivity index (χ1v) is 6.07. The lowest BCUT2D eigenvalue weighted by Gasteiger charge is -2.08. The van der Waals surface area contributed by atoms with E-state index in [9.17, 15) is 13.6 Å². The number of halogens is 3. The molecule has 1 rings (SSSR count). The fourth-order valence-electron chi connectivity index (χ4n) is 1.55. The molecule has 0 aliphatic heterocycles. The van der Waals surface area contributed by atoms with Crippen LogP contribution in [0, 0.1) is 0 Å². The number of ether oxygens (including phenoxy) is 1. The lowest BCUT2D eigenvalue weighted by Crippen LogP contribution is -2.23. The molecular formula is C13H19ClF2N2O2. The molecule has 1 amide bonds. The minimum absolute atomic E-state index is 0. The Morgan fingerprint density at radius 3 is 2.80 bits per heavy atom. The summed E-state index contributed by atoms with van der Waals surface area (Å²) in [5.41, 5.74) is 0.722. The van der Waals surface area contributed by atoms with Crippen LogP contribution in [0.4, 0.5) is 8.78 Å². The number of benzene rings is 1. The van der Waals surface area contributed by atoms with Crippen molar-refractivity contribution in [2.24, 2.45) is 0 Å². The van der Waals surface area contributed by atoms with Crippen LogP contribution >= 0.6 is 12.4 Å². The molecule has 1 aromatic rings. The SMILES string of the molecule is CNCCCC(=O)NCc1cccc(OC(F)F)c1.Cl. The van der Waals surface area contributed by atoms with Gasteiger partial charge in [-0.1, -0.05) is 12.1 Å². The second-order valence-corrected chi connectivity index (χ2v) is 4.01. The number of nitrogens with one attached hydrogen (secondary N) is 2. The van der Waals surface area contributed by atoms with Gasteiger partial charge >= 0.3 is 6.61 Å². The Balaban J connectivity index is 0.00000361. The van der Waals surface area contributed by atoms with Crippen molar-refractivity contribution in [1.29, 1.82) is 0 Å². The van der Waals surface area contributed by atoms with Crippen LogP contribution in [-0.4, -0.2) is 26.1 Å². The number of hydrogen-bond acceptors (Lipinski definition) is 3. The molecular weight excluding hydrogens is 290 g/mol. The first-order valence-electron chi connectivity index (χ1n) is 6.07. The maximum atomic E-state index is 12.0. The van der Waals surface area contributed by atoms with Crippen molar-refractivity contribution in [2.75, 3.05) is 13.6 Å². The number of alkyl halides is 2. The van der Waals surface area contributed by atoms with Crippen molar-refractivity contribution in [2.45, 2.75) is 26.0 Å². The average Bonchev–Trinajstić information content (AvgIpc) is 2.36. The Labute approximate surface area is 123 Å². The molecule has 4 nitrogen and oxygen atoms in total. The predicted molar refractivity (Wildman–Crippen MR) is 75.3 cm³/mol. The van der Waals surface area contributed by atoms with Crippen molar-refractivity contribution in [3.8, 4) is 5.75 Å². The van der Waals surface area contributed by atoms with Gasteiger partial charge in [0.05, 0.1) is 0 Å². The molecule has 0 aliphatic rings. The highest BCUT2D eigenvalue weighted by Gasteiger charge is 2.05. The van der Waals surface area contributed by atoms with E-state index in [1.54, 1.807) is 12.1 Å². The zero-order valence-electron chi connectivity index (χ0n) is 11.2. The first-order chi connectivity index (χ1) is 9.11. The van der Waals surface area contributed by atoms with E-state index in [1.807, 2.05) is 7.05 Å². The number of rotatable bonds is 8. The summed E-state index contributed by atoms with van der Waals surface area (Å²) < 4.78 is 28.4. The summed E-state index contributed by atoms with van der Waals surface area (Å²) in [6, 6.07) is 6.29. The summed E-state index contributed by atoms with van der Waals surface area (Å²) in [5, 5.41) is 5.68. The Hall–Kier alpha value is -1.40. The topological polar surface area (TPSA) is 50.4 Å². The summed E-state index contributed by atoms with van der Waals surface area (Å²) in [4.78, 5) is 11.5. The number of hydrogen-bond donors (Lipinski definition) is 2. The Morgan fingerprint density at radius 1 is 1.40 bits per heavy atom. The molecule has 0 radical (unpaired) electrons. The number of amides is 1. The summed E-state index contributed by atoms with van der Waals surface area (Å²) >= 11 is 0. The second kappa shape index (κ2) is 10.4. The molecule has 0 saturated carbocycles. The average molecular weight is 309 g/mol. The minimum Gasteiger partial charge on any atom is -0.435 e. The number of carbonyl (C=O) groups excluding carboxylic acids is 1. The van der Waals surface area contributed by atoms with Crippen LogP contribution in [-0.2, 0) is 11.3 Å². The van der Waals surface area contributed by atoms with E-state index in [1.165, 1.54) is 12.1 Å². The van der Waals surface area contributed by atoms with E-state index in [2.05, 4.69) is 15.4 Å². The molecule has 7 heteroatoms. The molecule has 20 heavy (non-hydrogen) atoms. The molecule has 0 aromatic heterocycles. The molecule has 0 heterocycles. The molecule has 0 spiro atoms. The lowest BCUT2D eigenvalue weighted by molar-refractivity contribution is -0.121. The molecule has 0 saturated heterocycles. The van der Waals surface area contributed by atoms with Gasteiger partial charge in [0.15, 0.2) is 0 Å². The monoisotopic (exact) mass is 308 g/mol. The highest BCUT2D eigenvalue weighted by atomic mass is 35.5. The van der Waals surface area contributed by atoms with Crippen LogP contribution in [0.1, 0.15) is 18.4 Å². The highest BCUT2D eigenvalue weighted by Crippen LogP contribution is 2.15. The lowest BCUT2D eigenvalue weighted by atomic mass is 10.2. The first kappa shape index (κ1) is 18.6. The third kappa shape index (κ3) is 7.91. The second-order valence-electron chi connectivity index (χ2n) is 4.01. The van der Waals surface area contributed by atoms with Crippen LogP contribution in [0.5, 0.6) is 5.75 Å². The smallest absolute Gasteiger partial charge is 0.387 e. The van der Waals surface area contributed by atoms with Crippen molar-refractivity contribution >= 4 is 18.3 Å². The zero-order valence-corrected chi connectivity index (χ0v) is 12.0. The summed E-state index contributed by atoms with van der Waals surface area (Å²) in [6.45, 7) is -1.75. The minimum atomic E-state index is -2.84. The van der Waals surface area contributed by atoms with E-state index < -0.39 is 6.61 Å². The normalized spacial score (nSPS) is 10.0. The van der Waals surface area contributed by atoms with Gasteiger partial charge in [-0.3, -0.25) is 4.79 Å². The molecule has 114 valence electrons. The third-order valence-corrected chi connectivity index (χ3v) is 2.44. The molecule has 0 fully saturated rings. The van der Waals surface area contributed by atoms with Crippen LogP contribution < -0.4 is 15.4 Å². The maximum absolute atomic E-state index is 12.0. The van der Waals surface area contributed by atoms with Crippen LogP contribution in [0.2, 0.25) is 0 Å². The van der Waals surface area contributed by atoms with Gasteiger partial charge in [0.1, 0.15) is 5.75 Å². The molecule has 0 unspecified atom stereocenters. The van der Waals surface area contributed by atoms with Gasteiger partial charge in [-0.05, 0) is 37.7 Å². The molecule has 0 bridgehead atoms. The summed E-state index contributed by atoms with van der Waals surface area (Å²) in [6.07, 6.45) is 1.20. The highest BCUT2D eigenvalue weighted by molar-refractivity contribution is 5.85.